The molecule has 0 unspecified atom stereocenters. The molecular weight excluding hydrogens is 412 g/mol. The maximum Gasteiger partial charge on any atom is 0.295 e. The first kappa shape index (κ1) is 21.7. The molecule has 1 aromatic heterocycles. The van der Waals surface area contributed by atoms with Crippen molar-refractivity contribution in [3.63, 3.8) is 0 Å². The number of para-hydroxylation sites is 2. The Labute approximate surface area is 195 Å². The van der Waals surface area contributed by atoms with Gasteiger partial charge < -0.3 is 9.88 Å². The molecule has 2 amide bonds. The zero-order valence-electron chi connectivity index (χ0n) is 19.8. The lowest BCUT2D eigenvalue weighted by Gasteiger charge is -2.45. The SMILES string of the molecule is Cc1ccc(N2C(=O)c3nc4ccccc4n3C[C@]2(C)C(=O)N[C@@H]2CCC[C@H](C)[C@H]2C)cc1. The van der Waals surface area contributed by atoms with E-state index in [2.05, 4.69) is 24.1 Å². The second-order valence-electron chi connectivity index (χ2n) is 10.1. The van der Waals surface area contributed by atoms with Crippen molar-refractivity contribution in [2.24, 2.45) is 11.8 Å². The van der Waals surface area contributed by atoms with Gasteiger partial charge in [-0.3, -0.25) is 14.5 Å². The van der Waals surface area contributed by atoms with Crippen LogP contribution < -0.4 is 10.2 Å². The van der Waals surface area contributed by atoms with Crippen molar-refractivity contribution in [1.82, 2.24) is 14.9 Å². The fourth-order valence-corrected chi connectivity index (χ4v) is 5.48. The lowest BCUT2D eigenvalue weighted by molar-refractivity contribution is -0.128. The molecule has 6 nitrogen and oxygen atoms in total. The van der Waals surface area contributed by atoms with Crippen LogP contribution in [0.15, 0.2) is 48.5 Å². The quantitative estimate of drug-likeness (QED) is 0.636. The number of anilines is 1. The average molecular weight is 445 g/mol. The number of imidazole rings is 1. The van der Waals surface area contributed by atoms with Crippen LogP contribution in [-0.4, -0.2) is 32.9 Å². The number of benzene rings is 2. The standard InChI is InChI=1S/C27H32N4O2/c1-17-12-14-20(15-13-17)31-25(32)24-28-22-9-5-6-11-23(22)30(24)16-27(31,4)26(33)29-21-10-7-8-18(2)19(21)3/h5-6,9,11-15,18-19,21H,7-8,10,16H2,1-4H3,(H,29,33)/t18-,19+,21+,27+/m0/s1. The van der Waals surface area contributed by atoms with Gasteiger partial charge in [-0.15, -0.1) is 0 Å². The molecule has 1 saturated carbocycles. The molecule has 3 aromatic rings. The maximum atomic E-state index is 14.0. The van der Waals surface area contributed by atoms with Crippen molar-refractivity contribution in [2.75, 3.05) is 4.90 Å². The lowest BCUT2D eigenvalue weighted by Crippen LogP contribution is -2.66. The van der Waals surface area contributed by atoms with Gasteiger partial charge in [-0.25, -0.2) is 4.98 Å². The number of amides is 2. The minimum Gasteiger partial charge on any atom is -0.351 e. The minimum atomic E-state index is -1.08. The van der Waals surface area contributed by atoms with Gasteiger partial charge in [0.25, 0.3) is 5.91 Å². The van der Waals surface area contributed by atoms with E-state index in [1.807, 2.05) is 66.9 Å². The summed E-state index contributed by atoms with van der Waals surface area (Å²) in [5, 5.41) is 3.35. The van der Waals surface area contributed by atoms with Crippen molar-refractivity contribution in [3.05, 3.63) is 59.9 Å². The molecule has 0 spiro atoms. The number of nitrogens with zero attached hydrogens (tertiary/aromatic N) is 3. The van der Waals surface area contributed by atoms with Crippen molar-refractivity contribution < 1.29 is 9.59 Å². The Morgan fingerprint density at radius 3 is 2.58 bits per heavy atom. The number of hydrogen-bond donors (Lipinski definition) is 1. The highest BCUT2D eigenvalue weighted by Crippen LogP contribution is 2.36. The van der Waals surface area contributed by atoms with Gasteiger partial charge in [-0.1, -0.05) is 56.5 Å². The molecule has 2 aromatic carbocycles. The van der Waals surface area contributed by atoms with Crippen molar-refractivity contribution >= 4 is 28.5 Å². The summed E-state index contributed by atoms with van der Waals surface area (Å²) in [6.07, 6.45) is 3.29. The molecule has 1 aliphatic heterocycles. The number of fused-ring (bicyclic) bond motifs is 3. The minimum absolute atomic E-state index is 0.106. The fraction of sp³-hybridized carbons (Fsp3) is 0.444. The molecule has 0 saturated heterocycles. The molecule has 5 rings (SSSR count). The second-order valence-corrected chi connectivity index (χ2v) is 10.1. The molecule has 0 bridgehead atoms. The van der Waals surface area contributed by atoms with E-state index in [-0.39, 0.29) is 17.9 Å². The molecular formula is C27H32N4O2. The van der Waals surface area contributed by atoms with E-state index in [1.54, 1.807) is 4.90 Å². The van der Waals surface area contributed by atoms with Crippen LogP contribution >= 0.6 is 0 Å². The molecule has 2 aliphatic rings. The monoisotopic (exact) mass is 444 g/mol. The highest BCUT2D eigenvalue weighted by Gasteiger charge is 2.50. The van der Waals surface area contributed by atoms with Crippen LogP contribution in [0.3, 0.4) is 0 Å². The summed E-state index contributed by atoms with van der Waals surface area (Å²) in [5.74, 6) is 1.00. The number of rotatable bonds is 3. The first-order valence-electron chi connectivity index (χ1n) is 12.0. The summed E-state index contributed by atoms with van der Waals surface area (Å²) >= 11 is 0. The first-order chi connectivity index (χ1) is 15.8. The molecule has 6 heteroatoms. The largest absolute Gasteiger partial charge is 0.351 e. The predicted octanol–water partition coefficient (Wildman–Crippen LogP) is 4.70. The zero-order valence-corrected chi connectivity index (χ0v) is 19.8. The van der Waals surface area contributed by atoms with E-state index in [4.69, 9.17) is 0 Å². The van der Waals surface area contributed by atoms with Crippen molar-refractivity contribution in [2.45, 2.75) is 65.1 Å². The van der Waals surface area contributed by atoms with Crippen LogP contribution in [0.2, 0.25) is 0 Å². The van der Waals surface area contributed by atoms with Crippen LogP contribution in [0.4, 0.5) is 5.69 Å². The van der Waals surface area contributed by atoms with Crippen molar-refractivity contribution in [1.29, 1.82) is 0 Å². The third-order valence-electron chi connectivity index (χ3n) is 7.81. The fourth-order valence-electron chi connectivity index (χ4n) is 5.48. The third kappa shape index (κ3) is 3.52. The number of aryl methyl sites for hydroxylation is 1. The van der Waals surface area contributed by atoms with Crippen LogP contribution in [0.1, 0.15) is 56.2 Å². The van der Waals surface area contributed by atoms with Crippen molar-refractivity contribution in [3.8, 4) is 0 Å². The van der Waals surface area contributed by atoms with Gasteiger partial charge >= 0.3 is 0 Å². The smallest absolute Gasteiger partial charge is 0.295 e. The number of aromatic nitrogens is 2. The molecule has 1 N–H and O–H groups in total. The summed E-state index contributed by atoms with van der Waals surface area (Å²) in [4.78, 5) is 34.1. The summed E-state index contributed by atoms with van der Waals surface area (Å²) in [6.45, 7) is 8.73. The zero-order chi connectivity index (χ0) is 23.3. The van der Waals surface area contributed by atoms with E-state index in [0.717, 1.165) is 29.4 Å². The Bertz CT molecular complexity index is 1210. The van der Waals surface area contributed by atoms with Crippen LogP contribution in [0.25, 0.3) is 11.0 Å². The molecule has 4 atom stereocenters. The van der Waals surface area contributed by atoms with Gasteiger partial charge in [0.05, 0.1) is 17.6 Å². The predicted molar refractivity (Wildman–Crippen MR) is 130 cm³/mol. The Kier molecular flexibility index (Phi) is 5.26. The van der Waals surface area contributed by atoms with E-state index < -0.39 is 5.54 Å². The van der Waals surface area contributed by atoms with E-state index in [9.17, 15) is 9.59 Å². The summed E-state index contributed by atoms with van der Waals surface area (Å²) in [5.41, 5.74) is 2.38. The lowest BCUT2D eigenvalue weighted by atomic mass is 9.77. The first-order valence-corrected chi connectivity index (χ1v) is 12.0. The number of carbonyl (C=O) groups excluding carboxylic acids is 2. The number of nitrogens with one attached hydrogen (secondary N) is 1. The summed E-state index contributed by atoms with van der Waals surface area (Å²) < 4.78 is 1.91. The van der Waals surface area contributed by atoms with E-state index >= 15 is 0 Å². The highest BCUT2D eigenvalue weighted by atomic mass is 16.2. The van der Waals surface area contributed by atoms with Gasteiger partial charge in [-0.05, 0) is 56.4 Å². The Morgan fingerprint density at radius 1 is 1.09 bits per heavy atom. The average Bonchev–Trinajstić information content (AvgIpc) is 3.17. The van der Waals surface area contributed by atoms with Gasteiger partial charge in [0, 0.05) is 11.7 Å². The summed E-state index contributed by atoms with van der Waals surface area (Å²) in [7, 11) is 0. The maximum absolute atomic E-state index is 14.0. The number of hydrogen-bond acceptors (Lipinski definition) is 3. The van der Waals surface area contributed by atoms with Crippen LogP contribution in [0.5, 0.6) is 0 Å². The van der Waals surface area contributed by atoms with Gasteiger partial charge in [-0.2, -0.15) is 0 Å². The van der Waals surface area contributed by atoms with Crippen LogP contribution in [-0.2, 0) is 11.3 Å². The van der Waals surface area contributed by atoms with Gasteiger partial charge in [0.1, 0.15) is 5.54 Å². The Hall–Kier alpha value is -3.15. The topological polar surface area (TPSA) is 67.2 Å². The number of carbonyl (C=O) groups is 2. The normalized spacial score (nSPS) is 27.5. The Balaban J connectivity index is 1.59. The molecule has 2 heterocycles. The van der Waals surface area contributed by atoms with Gasteiger partial charge in [0.15, 0.2) is 0 Å². The Morgan fingerprint density at radius 2 is 1.82 bits per heavy atom. The van der Waals surface area contributed by atoms with E-state index in [0.29, 0.717) is 29.9 Å². The second kappa shape index (κ2) is 8.01. The summed E-state index contributed by atoms with van der Waals surface area (Å²) in [6, 6.07) is 15.6. The molecule has 172 valence electrons. The molecule has 33 heavy (non-hydrogen) atoms. The molecule has 1 aliphatic carbocycles. The molecule has 0 radical (unpaired) electrons. The highest BCUT2D eigenvalue weighted by molar-refractivity contribution is 6.12. The van der Waals surface area contributed by atoms with E-state index in [1.165, 1.54) is 6.42 Å². The van der Waals surface area contributed by atoms with Gasteiger partial charge in [0.2, 0.25) is 11.7 Å². The van der Waals surface area contributed by atoms with Crippen LogP contribution in [0, 0.1) is 18.8 Å². The molecule has 1 fully saturated rings. The third-order valence-corrected chi connectivity index (χ3v) is 7.81.